The normalized spacial score (nSPS) is 21.8. The Morgan fingerprint density at radius 1 is 1.50 bits per heavy atom. The molecule has 1 atom stereocenters. The lowest BCUT2D eigenvalue weighted by Crippen LogP contribution is -2.45. The van der Waals surface area contributed by atoms with Crippen LogP contribution in [0.5, 0.6) is 0 Å². The molecule has 0 bridgehead atoms. The van der Waals surface area contributed by atoms with Gasteiger partial charge in [0.05, 0.1) is 12.0 Å². The highest BCUT2D eigenvalue weighted by Crippen LogP contribution is 2.35. The first-order valence-electron chi connectivity index (χ1n) is 6.99. The lowest BCUT2D eigenvalue weighted by molar-refractivity contribution is -0.148. The van der Waals surface area contributed by atoms with Crippen LogP contribution in [0.3, 0.4) is 0 Å². The zero-order valence-electron chi connectivity index (χ0n) is 12.0. The summed E-state index contributed by atoms with van der Waals surface area (Å²) in [4.78, 5) is 26.9. The van der Waals surface area contributed by atoms with Gasteiger partial charge in [-0.3, -0.25) is 4.79 Å². The molecule has 1 saturated heterocycles. The van der Waals surface area contributed by atoms with Crippen LogP contribution >= 0.6 is 0 Å². The maximum atomic E-state index is 12.3. The molecule has 0 spiro atoms. The lowest BCUT2D eigenvalue weighted by Gasteiger charge is -2.28. The quantitative estimate of drug-likeness (QED) is 0.687. The van der Waals surface area contributed by atoms with E-state index in [1.807, 2.05) is 6.92 Å². The second-order valence-corrected chi connectivity index (χ2v) is 5.25. The Balaban J connectivity index is 2.76. The molecule has 6 heteroatoms. The zero-order chi connectivity index (χ0) is 15.2. The molecule has 0 saturated carbocycles. The van der Waals surface area contributed by atoms with Crippen molar-refractivity contribution >= 4 is 12.0 Å². The van der Waals surface area contributed by atoms with Gasteiger partial charge in [0.1, 0.15) is 0 Å². The molecule has 1 rings (SSSR count). The summed E-state index contributed by atoms with van der Waals surface area (Å²) < 4.78 is 0. The van der Waals surface area contributed by atoms with Crippen molar-refractivity contribution in [3.05, 3.63) is 12.7 Å². The van der Waals surface area contributed by atoms with Gasteiger partial charge in [-0.15, -0.1) is 6.58 Å². The zero-order valence-corrected chi connectivity index (χ0v) is 12.0. The Labute approximate surface area is 119 Å². The van der Waals surface area contributed by atoms with Crippen molar-refractivity contribution in [2.75, 3.05) is 32.8 Å². The number of likely N-dealkylation sites (tertiary alicyclic amines) is 1. The highest BCUT2D eigenvalue weighted by atomic mass is 16.4. The summed E-state index contributed by atoms with van der Waals surface area (Å²) in [5, 5.41) is 18.4. The van der Waals surface area contributed by atoms with E-state index in [1.54, 1.807) is 11.0 Å². The summed E-state index contributed by atoms with van der Waals surface area (Å²) in [7, 11) is 0. The van der Waals surface area contributed by atoms with Crippen LogP contribution in [-0.2, 0) is 4.79 Å². The number of carboxylic acids is 1. The monoisotopic (exact) mass is 284 g/mol. The highest BCUT2D eigenvalue weighted by molar-refractivity contribution is 5.80. The van der Waals surface area contributed by atoms with E-state index in [0.717, 1.165) is 6.42 Å². The molecule has 1 fully saturated rings. The second-order valence-electron chi connectivity index (χ2n) is 5.25. The summed E-state index contributed by atoms with van der Waals surface area (Å²) in [6.07, 6.45) is 3.44. The Morgan fingerprint density at radius 3 is 2.70 bits per heavy atom. The minimum absolute atomic E-state index is 0.119. The molecule has 1 aliphatic heterocycles. The maximum absolute atomic E-state index is 12.3. The van der Waals surface area contributed by atoms with Crippen molar-refractivity contribution in [2.45, 2.75) is 26.2 Å². The molecule has 6 nitrogen and oxygen atoms in total. The first-order valence-corrected chi connectivity index (χ1v) is 6.99. The smallest absolute Gasteiger partial charge is 0.320 e. The largest absolute Gasteiger partial charge is 0.481 e. The number of urea groups is 1. The minimum Gasteiger partial charge on any atom is -0.481 e. The Morgan fingerprint density at radius 2 is 2.20 bits per heavy atom. The maximum Gasteiger partial charge on any atom is 0.320 e. The van der Waals surface area contributed by atoms with Gasteiger partial charge < -0.3 is 20.0 Å². The van der Waals surface area contributed by atoms with E-state index in [-0.39, 0.29) is 25.7 Å². The summed E-state index contributed by atoms with van der Waals surface area (Å²) >= 11 is 0. The van der Waals surface area contributed by atoms with Crippen molar-refractivity contribution in [3.8, 4) is 0 Å². The Bertz CT molecular complexity index is 372. The van der Waals surface area contributed by atoms with Crippen molar-refractivity contribution in [2.24, 2.45) is 5.41 Å². The molecule has 0 radical (unpaired) electrons. The molecular weight excluding hydrogens is 260 g/mol. The van der Waals surface area contributed by atoms with E-state index in [4.69, 9.17) is 5.11 Å². The molecule has 1 aliphatic rings. The number of amides is 2. The van der Waals surface area contributed by atoms with Gasteiger partial charge in [0, 0.05) is 26.2 Å². The molecule has 0 aromatic rings. The third-order valence-electron chi connectivity index (χ3n) is 3.80. The summed E-state index contributed by atoms with van der Waals surface area (Å²) in [5.74, 6) is -0.827. The van der Waals surface area contributed by atoms with Crippen LogP contribution in [0, 0.1) is 5.41 Å². The number of aliphatic carboxylic acids is 1. The van der Waals surface area contributed by atoms with Crippen molar-refractivity contribution in [3.63, 3.8) is 0 Å². The van der Waals surface area contributed by atoms with Crippen LogP contribution in [0.25, 0.3) is 0 Å². The molecule has 0 aromatic heterocycles. The summed E-state index contributed by atoms with van der Waals surface area (Å²) in [6.45, 7) is 6.70. The van der Waals surface area contributed by atoms with Gasteiger partial charge in [0.2, 0.25) is 0 Å². The number of aliphatic hydroxyl groups excluding tert-OH is 1. The van der Waals surface area contributed by atoms with Gasteiger partial charge >= 0.3 is 12.0 Å². The minimum atomic E-state index is -0.827. The van der Waals surface area contributed by atoms with E-state index >= 15 is 0 Å². The van der Waals surface area contributed by atoms with E-state index in [9.17, 15) is 14.7 Å². The van der Waals surface area contributed by atoms with Crippen molar-refractivity contribution in [1.29, 1.82) is 0 Å². The number of carbonyl (C=O) groups excluding carboxylic acids is 1. The van der Waals surface area contributed by atoms with Gasteiger partial charge in [0.15, 0.2) is 0 Å². The SMILES string of the molecule is C=CCN(CCO)C(=O)N1CCC(CCC)(C(=O)O)C1. The highest BCUT2D eigenvalue weighted by Gasteiger charge is 2.46. The Kier molecular flexibility index (Phi) is 6.01. The average molecular weight is 284 g/mol. The third kappa shape index (κ3) is 3.50. The number of rotatable bonds is 7. The van der Waals surface area contributed by atoms with E-state index in [2.05, 4.69) is 6.58 Å². The van der Waals surface area contributed by atoms with Gasteiger partial charge in [-0.25, -0.2) is 4.79 Å². The predicted molar refractivity (Wildman–Crippen MR) is 75.4 cm³/mol. The van der Waals surface area contributed by atoms with Crippen molar-refractivity contribution in [1.82, 2.24) is 9.80 Å². The van der Waals surface area contributed by atoms with Gasteiger partial charge in [0.25, 0.3) is 0 Å². The van der Waals surface area contributed by atoms with Gasteiger partial charge in [-0.2, -0.15) is 0 Å². The van der Waals surface area contributed by atoms with Crippen LogP contribution < -0.4 is 0 Å². The number of carbonyl (C=O) groups is 2. The number of hydrogen-bond donors (Lipinski definition) is 2. The Hall–Kier alpha value is -1.56. The van der Waals surface area contributed by atoms with Crippen molar-refractivity contribution < 1.29 is 19.8 Å². The molecule has 2 amide bonds. The molecule has 1 unspecified atom stereocenters. The van der Waals surface area contributed by atoms with Crippen LogP contribution in [0.4, 0.5) is 4.79 Å². The predicted octanol–water partition coefficient (Wildman–Crippen LogP) is 1.16. The first-order chi connectivity index (χ1) is 9.50. The standard InChI is InChI=1S/C14H24N2O4/c1-3-5-14(12(18)19)6-8-16(11-14)13(20)15(7-4-2)9-10-17/h4,17H,2-3,5-11H2,1H3,(H,18,19). The second kappa shape index (κ2) is 7.28. The lowest BCUT2D eigenvalue weighted by atomic mass is 9.83. The fraction of sp³-hybridized carbons (Fsp3) is 0.714. The average Bonchev–Trinajstić information content (AvgIpc) is 2.84. The molecule has 0 aliphatic carbocycles. The van der Waals surface area contributed by atoms with Crippen LogP contribution in [0.1, 0.15) is 26.2 Å². The molecule has 0 aromatic carbocycles. The van der Waals surface area contributed by atoms with Crippen LogP contribution in [0.15, 0.2) is 12.7 Å². The number of carboxylic acid groups (broad SMARTS) is 1. The van der Waals surface area contributed by atoms with Gasteiger partial charge in [-0.05, 0) is 12.8 Å². The third-order valence-corrected chi connectivity index (χ3v) is 3.80. The molecule has 114 valence electrons. The van der Waals surface area contributed by atoms with E-state index < -0.39 is 11.4 Å². The fourth-order valence-electron chi connectivity index (χ4n) is 2.74. The van der Waals surface area contributed by atoms with E-state index in [1.165, 1.54) is 4.90 Å². The summed E-state index contributed by atoms with van der Waals surface area (Å²) in [6, 6.07) is -0.224. The number of hydrogen-bond acceptors (Lipinski definition) is 3. The van der Waals surface area contributed by atoms with E-state index in [0.29, 0.717) is 25.9 Å². The fourth-order valence-corrected chi connectivity index (χ4v) is 2.74. The number of aliphatic hydroxyl groups is 1. The molecule has 20 heavy (non-hydrogen) atoms. The topological polar surface area (TPSA) is 81.1 Å². The molecule has 2 N–H and O–H groups in total. The molecule has 1 heterocycles. The van der Waals surface area contributed by atoms with Crippen LogP contribution in [0.2, 0.25) is 0 Å². The summed E-state index contributed by atoms with van der Waals surface area (Å²) in [5.41, 5.74) is -0.816. The molecular formula is C14H24N2O4. The van der Waals surface area contributed by atoms with Crippen LogP contribution in [-0.4, -0.2) is 64.8 Å². The first kappa shape index (κ1) is 16.5. The number of nitrogens with zero attached hydrogens (tertiary/aromatic N) is 2. The van der Waals surface area contributed by atoms with Gasteiger partial charge in [-0.1, -0.05) is 19.4 Å².